The Labute approximate surface area is 375 Å². The van der Waals surface area contributed by atoms with E-state index in [2.05, 4.69) is 32.2 Å². The first kappa shape index (κ1) is 44.7. The van der Waals surface area contributed by atoms with Gasteiger partial charge >= 0.3 is 11.9 Å². The molecular formula is C49H66N6O9. The zero-order valence-electron chi connectivity index (χ0n) is 38.1. The minimum absolute atomic E-state index is 0.0260. The molecule has 64 heavy (non-hydrogen) atoms. The third-order valence-corrected chi connectivity index (χ3v) is 16.4. The summed E-state index contributed by atoms with van der Waals surface area (Å²) in [5.74, 6) is -1.37. The van der Waals surface area contributed by atoms with Gasteiger partial charge in [-0.05, 0) is 87.6 Å². The summed E-state index contributed by atoms with van der Waals surface area (Å²) in [6, 6.07) is 10.1. The molecule has 3 aromatic rings. The number of fused-ring (bicyclic) bond motifs is 6. The number of H-pyrrole nitrogens is 1. The van der Waals surface area contributed by atoms with Gasteiger partial charge in [-0.25, -0.2) is 0 Å². The molecule has 2 aromatic carbocycles. The van der Waals surface area contributed by atoms with E-state index in [-0.39, 0.29) is 31.5 Å². The van der Waals surface area contributed by atoms with Crippen LogP contribution in [0, 0.1) is 11.3 Å². The van der Waals surface area contributed by atoms with Crippen LogP contribution < -0.4 is 20.7 Å². The molecular weight excluding hydrogens is 817 g/mol. The van der Waals surface area contributed by atoms with Crippen LogP contribution in [-0.2, 0) is 41.1 Å². The van der Waals surface area contributed by atoms with Crippen molar-refractivity contribution in [2.75, 3.05) is 72.0 Å². The molecule has 346 valence electrons. The Morgan fingerprint density at radius 1 is 1.05 bits per heavy atom. The van der Waals surface area contributed by atoms with E-state index >= 15 is 4.79 Å². The van der Waals surface area contributed by atoms with Crippen LogP contribution in [0.15, 0.2) is 48.6 Å². The van der Waals surface area contributed by atoms with Crippen molar-refractivity contribution in [2.45, 2.75) is 112 Å². The number of aliphatic hydroxyl groups excluding tert-OH is 1. The van der Waals surface area contributed by atoms with Crippen LogP contribution in [0.5, 0.6) is 5.75 Å². The Morgan fingerprint density at radius 2 is 1.83 bits per heavy atom. The number of nitrogens with zero attached hydrogens (tertiary/aromatic N) is 3. The second kappa shape index (κ2) is 16.1. The Kier molecular flexibility index (Phi) is 11.3. The summed E-state index contributed by atoms with van der Waals surface area (Å²) in [5, 5.41) is 42.1. The minimum atomic E-state index is -2.33. The van der Waals surface area contributed by atoms with Gasteiger partial charge in [0.2, 0.25) is 0 Å². The average molecular weight is 883 g/mol. The van der Waals surface area contributed by atoms with Crippen molar-refractivity contribution in [3.8, 4) is 5.75 Å². The van der Waals surface area contributed by atoms with Gasteiger partial charge in [0.15, 0.2) is 5.60 Å². The van der Waals surface area contributed by atoms with Crippen molar-refractivity contribution in [3.63, 3.8) is 0 Å². The number of anilines is 1. The highest BCUT2D eigenvalue weighted by molar-refractivity contribution is 5.95. The number of likely N-dealkylation sites (N-methyl/N-ethyl adjacent to an activating group) is 1. The number of nitrogens with two attached hydrogens (primary N) is 1. The molecule has 15 nitrogen and oxygen atoms in total. The number of ether oxygens (including phenoxy) is 3. The maximum atomic E-state index is 15.4. The molecule has 11 atom stereocenters. The fourth-order valence-electron chi connectivity index (χ4n) is 13.8. The molecule has 9 rings (SSSR count). The highest BCUT2D eigenvalue weighted by Gasteiger charge is 2.78. The zero-order valence-corrected chi connectivity index (χ0v) is 38.1. The predicted octanol–water partition coefficient (Wildman–Crippen LogP) is 2.64. The smallest absolute Gasteiger partial charge is 0.322 e. The second-order valence-electron chi connectivity index (χ2n) is 19.7. The van der Waals surface area contributed by atoms with Crippen LogP contribution in [0.1, 0.15) is 81.7 Å². The van der Waals surface area contributed by atoms with E-state index in [1.54, 1.807) is 14.0 Å². The van der Waals surface area contributed by atoms with Crippen molar-refractivity contribution >= 4 is 34.4 Å². The van der Waals surface area contributed by atoms with Gasteiger partial charge in [0.05, 0.1) is 32.5 Å². The highest BCUT2D eigenvalue weighted by Crippen LogP contribution is 2.67. The maximum Gasteiger partial charge on any atom is 0.322 e. The second-order valence-corrected chi connectivity index (χ2v) is 19.7. The number of benzene rings is 2. The summed E-state index contributed by atoms with van der Waals surface area (Å²) in [6.07, 6.45) is 5.87. The number of hydrogen-bond acceptors (Lipinski definition) is 13. The first-order valence-electron chi connectivity index (χ1n) is 23.2. The molecule has 3 fully saturated rings. The maximum absolute atomic E-state index is 15.4. The number of amides is 1. The van der Waals surface area contributed by atoms with Crippen molar-refractivity contribution in [1.29, 1.82) is 0 Å². The molecule has 7 N–H and O–H groups in total. The van der Waals surface area contributed by atoms with Gasteiger partial charge < -0.3 is 50.5 Å². The molecule has 1 saturated carbocycles. The van der Waals surface area contributed by atoms with E-state index < -0.39 is 63.5 Å². The third-order valence-electron chi connectivity index (χ3n) is 16.4. The number of piperidine rings is 1. The molecule has 6 heterocycles. The Bertz CT molecular complexity index is 2370. The van der Waals surface area contributed by atoms with Gasteiger partial charge in [0.25, 0.3) is 5.91 Å². The van der Waals surface area contributed by atoms with Crippen molar-refractivity contribution in [3.05, 3.63) is 70.9 Å². The molecule has 15 heteroatoms. The number of methoxy groups -OCH3 is 2. The van der Waals surface area contributed by atoms with Crippen LogP contribution >= 0.6 is 0 Å². The summed E-state index contributed by atoms with van der Waals surface area (Å²) in [5.41, 5.74) is 3.88. The lowest BCUT2D eigenvalue weighted by molar-refractivity contribution is -0.203. The number of nitrogens with one attached hydrogen (secondary N) is 2. The number of carbonyl (C=O) groups is 3. The van der Waals surface area contributed by atoms with E-state index in [0.29, 0.717) is 82.6 Å². The van der Waals surface area contributed by atoms with Crippen LogP contribution in [0.2, 0.25) is 0 Å². The topological polar surface area (TPSA) is 203 Å². The van der Waals surface area contributed by atoms with E-state index in [0.717, 1.165) is 33.4 Å². The quantitative estimate of drug-likeness (QED) is 0.0934. The van der Waals surface area contributed by atoms with Gasteiger partial charge in [-0.15, -0.1) is 0 Å². The van der Waals surface area contributed by atoms with Crippen molar-refractivity contribution < 1.29 is 43.9 Å². The number of carbonyl (C=O) groups excluding carboxylic acids is 3. The van der Waals surface area contributed by atoms with Crippen LogP contribution in [0.3, 0.4) is 0 Å². The molecule has 7 unspecified atom stereocenters. The number of aromatic nitrogens is 1. The first-order chi connectivity index (χ1) is 30.6. The number of hydrogen-bond donors (Lipinski definition) is 6. The van der Waals surface area contributed by atoms with E-state index in [9.17, 15) is 24.9 Å². The molecule has 6 aliphatic rings. The number of esters is 2. The van der Waals surface area contributed by atoms with Gasteiger partial charge in [-0.1, -0.05) is 44.2 Å². The van der Waals surface area contributed by atoms with Crippen LogP contribution in [0.25, 0.3) is 10.9 Å². The van der Waals surface area contributed by atoms with Crippen molar-refractivity contribution in [1.82, 2.24) is 20.1 Å². The minimum Gasteiger partial charge on any atom is -0.496 e. The number of aliphatic hydroxyl groups is 3. The SMILES string of the molecule is CCC1(O)CC2CN(CCc3c([nH]c4ccccc34)[C@@](C(=O)OC)(c3cc4c(cc3OC)N(C)C3C45CCN4CC=CC(CC)(C45)[C@@H](O)[C@]3(O)C(=O)NCCCOC(=O)[C@H](C)N)C2)C1. The fourth-order valence-corrected chi connectivity index (χ4v) is 13.8. The molecule has 1 aliphatic carbocycles. The Balaban J connectivity index is 1.25. The van der Waals surface area contributed by atoms with Gasteiger partial charge in [-0.3, -0.25) is 24.2 Å². The normalized spacial score (nSPS) is 35.5. The summed E-state index contributed by atoms with van der Waals surface area (Å²) in [7, 11) is 4.89. The third kappa shape index (κ3) is 6.24. The molecule has 0 radical (unpaired) electrons. The molecule has 1 spiro atoms. The van der Waals surface area contributed by atoms with Crippen LogP contribution in [-0.4, -0.2) is 151 Å². The Morgan fingerprint density at radius 3 is 2.55 bits per heavy atom. The van der Waals surface area contributed by atoms with Gasteiger partial charge in [0, 0.05) is 90.6 Å². The summed E-state index contributed by atoms with van der Waals surface area (Å²) in [6.45, 7) is 8.91. The first-order valence-corrected chi connectivity index (χ1v) is 23.2. The molecule has 1 amide bonds. The highest BCUT2D eigenvalue weighted by atomic mass is 16.5. The van der Waals surface area contributed by atoms with Gasteiger partial charge in [-0.2, -0.15) is 0 Å². The Hall–Kier alpha value is -4.51. The lowest BCUT2D eigenvalue weighted by Gasteiger charge is -2.63. The monoisotopic (exact) mass is 882 g/mol. The van der Waals surface area contributed by atoms with E-state index in [1.807, 2.05) is 62.2 Å². The van der Waals surface area contributed by atoms with E-state index in [4.69, 9.17) is 19.9 Å². The van der Waals surface area contributed by atoms with Gasteiger partial charge in [0.1, 0.15) is 23.3 Å². The fraction of sp³-hybridized carbons (Fsp3) is 0.612. The van der Waals surface area contributed by atoms with Crippen molar-refractivity contribution in [2.24, 2.45) is 17.1 Å². The number of aromatic amines is 1. The molecule has 2 saturated heterocycles. The zero-order chi connectivity index (χ0) is 45.6. The van der Waals surface area contributed by atoms with E-state index in [1.165, 1.54) is 7.11 Å². The number of rotatable bonds is 11. The summed E-state index contributed by atoms with van der Waals surface area (Å²) >= 11 is 0. The standard InChI is InChI=1S/C49H66N6O9/c1-7-45(60)25-30-26-48(44(59)63-6,38-32(15-20-54(27-30)28-45)31-13-9-10-14-35(31)52-38)34-23-33-36(24-37(34)62-5)53(4)41-47(33)17-21-55-19-11-16-46(8-2,40(47)55)42(57)49(41,61)43(58)51-18-12-22-64-39(56)29(3)50/h9-11,13-14,16,23-24,29-30,40-42,52,57,60-61H,7-8,12,15,17-22,25-28,50H2,1-6H3,(H,51,58)/t29-,30?,40?,41?,42+,45?,46?,47?,48-,49-/m0/s1. The lowest BCUT2D eigenvalue weighted by atomic mass is 9.47. The largest absolute Gasteiger partial charge is 0.496 e. The summed E-state index contributed by atoms with van der Waals surface area (Å²) in [4.78, 5) is 52.7. The number of para-hydroxylation sites is 1. The molecule has 2 bridgehead atoms. The average Bonchev–Trinajstić information content (AvgIpc) is 3.95. The molecule has 1 aromatic heterocycles. The molecule has 5 aliphatic heterocycles. The van der Waals surface area contributed by atoms with Crippen LogP contribution in [0.4, 0.5) is 5.69 Å². The lowest BCUT2D eigenvalue weighted by Crippen LogP contribution is -2.81. The summed E-state index contributed by atoms with van der Waals surface area (Å²) < 4.78 is 17.6. The predicted molar refractivity (Wildman–Crippen MR) is 241 cm³/mol.